The third kappa shape index (κ3) is 7.81. The molecule has 0 aromatic rings. The van der Waals surface area contributed by atoms with Gasteiger partial charge in [0.2, 0.25) is 5.91 Å². The Morgan fingerprint density at radius 3 is 2.43 bits per heavy atom. The zero-order chi connectivity index (χ0) is 16.1. The summed E-state index contributed by atoms with van der Waals surface area (Å²) in [6.07, 6.45) is 4.45. The number of sulfone groups is 1. The standard InChI is InChI=1S/C15H30N2O3S/c1-12(13-5-8-16-9-6-13)11-14(18)17-15(2,3)7-10-21(4,19)20/h12-13,16H,5-11H2,1-4H3,(H,17,18). The van der Waals surface area contributed by atoms with Gasteiger partial charge in [0.05, 0.1) is 5.75 Å². The molecule has 1 aliphatic heterocycles. The average Bonchev–Trinajstić information content (AvgIpc) is 2.36. The van der Waals surface area contributed by atoms with Gasteiger partial charge in [0, 0.05) is 18.2 Å². The smallest absolute Gasteiger partial charge is 0.220 e. The number of hydrogen-bond donors (Lipinski definition) is 2. The molecule has 0 aliphatic carbocycles. The summed E-state index contributed by atoms with van der Waals surface area (Å²) in [6, 6.07) is 0. The second-order valence-corrected chi connectivity index (χ2v) is 9.34. The van der Waals surface area contributed by atoms with E-state index in [9.17, 15) is 13.2 Å². The van der Waals surface area contributed by atoms with Crippen molar-refractivity contribution in [1.82, 2.24) is 10.6 Å². The van der Waals surface area contributed by atoms with Crippen molar-refractivity contribution in [3.8, 4) is 0 Å². The van der Waals surface area contributed by atoms with Crippen LogP contribution in [0.15, 0.2) is 0 Å². The molecule has 0 spiro atoms. The summed E-state index contributed by atoms with van der Waals surface area (Å²) in [5.41, 5.74) is -0.478. The van der Waals surface area contributed by atoms with Gasteiger partial charge < -0.3 is 10.6 Å². The fourth-order valence-electron chi connectivity index (χ4n) is 2.80. The molecule has 1 saturated heterocycles. The second-order valence-electron chi connectivity index (χ2n) is 7.08. The molecule has 6 heteroatoms. The van der Waals surface area contributed by atoms with Crippen molar-refractivity contribution >= 4 is 15.7 Å². The molecule has 1 rings (SSSR count). The molecule has 1 atom stereocenters. The molecule has 1 aliphatic rings. The van der Waals surface area contributed by atoms with Crippen LogP contribution in [0.3, 0.4) is 0 Å². The van der Waals surface area contributed by atoms with E-state index >= 15 is 0 Å². The van der Waals surface area contributed by atoms with Gasteiger partial charge in [-0.3, -0.25) is 4.79 Å². The Balaban J connectivity index is 2.40. The SMILES string of the molecule is CC(CC(=O)NC(C)(C)CCS(C)(=O)=O)C1CCNCC1. The van der Waals surface area contributed by atoms with Gasteiger partial charge in [-0.25, -0.2) is 8.42 Å². The molecule has 1 amide bonds. The molecule has 0 radical (unpaired) electrons. The van der Waals surface area contributed by atoms with Crippen LogP contribution in [0.2, 0.25) is 0 Å². The summed E-state index contributed by atoms with van der Waals surface area (Å²) in [5.74, 6) is 1.11. The molecule has 0 aromatic carbocycles. The lowest BCUT2D eigenvalue weighted by Crippen LogP contribution is -2.45. The molecule has 0 saturated carbocycles. The number of rotatable bonds is 7. The van der Waals surface area contributed by atoms with Crippen LogP contribution < -0.4 is 10.6 Å². The van der Waals surface area contributed by atoms with Crippen LogP contribution in [0.1, 0.15) is 46.5 Å². The zero-order valence-electron chi connectivity index (χ0n) is 13.7. The topological polar surface area (TPSA) is 75.3 Å². The van der Waals surface area contributed by atoms with Crippen LogP contribution in [-0.4, -0.2) is 45.0 Å². The maximum atomic E-state index is 12.2. The highest BCUT2D eigenvalue weighted by molar-refractivity contribution is 7.90. The molecule has 1 unspecified atom stereocenters. The molecule has 124 valence electrons. The zero-order valence-corrected chi connectivity index (χ0v) is 14.6. The Morgan fingerprint density at radius 1 is 1.33 bits per heavy atom. The predicted molar refractivity (Wildman–Crippen MR) is 85.9 cm³/mol. The molecule has 1 fully saturated rings. The minimum absolute atomic E-state index is 0.0273. The third-order valence-corrected chi connectivity index (χ3v) is 5.22. The summed E-state index contributed by atoms with van der Waals surface area (Å²) in [7, 11) is -2.99. The van der Waals surface area contributed by atoms with Gasteiger partial charge in [-0.2, -0.15) is 0 Å². The van der Waals surface area contributed by atoms with E-state index in [1.54, 1.807) is 0 Å². The van der Waals surface area contributed by atoms with Gasteiger partial charge in [0.1, 0.15) is 9.84 Å². The van der Waals surface area contributed by atoms with E-state index in [0.29, 0.717) is 24.7 Å². The van der Waals surface area contributed by atoms with Crippen LogP contribution in [0, 0.1) is 11.8 Å². The summed E-state index contributed by atoms with van der Waals surface area (Å²) >= 11 is 0. The maximum absolute atomic E-state index is 12.2. The summed E-state index contributed by atoms with van der Waals surface area (Å²) in [6.45, 7) is 7.97. The molecule has 0 bridgehead atoms. The number of nitrogens with one attached hydrogen (secondary N) is 2. The maximum Gasteiger partial charge on any atom is 0.220 e. The van der Waals surface area contributed by atoms with Crippen LogP contribution >= 0.6 is 0 Å². The molecular formula is C15H30N2O3S. The first-order valence-electron chi connectivity index (χ1n) is 7.78. The van der Waals surface area contributed by atoms with Crippen LogP contribution in [-0.2, 0) is 14.6 Å². The van der Waals surface area contributed by atoms with E-state index in [4.69, 9.17) is 0 Å². The monoisotopic (exact) mass is 318 g/mol. The van der Waals surface area contributed by atoms with Crippen molar-refractivity contribution in [1.29, 1.82) is 0 Å². The van der Waals surface area contributed by atoms with Crippen molar-refractivity contribution < 1.29 is 13.2 Å². The highest BCUT2D eigenvalue weighted by atomic mass is 32.2. The van der Waals surface area contributed by atoms with Gasteiger partial charge in [0.15, 0.2) is 0 Å². The summed E-state index contributed by atoms with van der Waals surface area (Å²) < 4.78 is 22.5. The second kappa shape index (κ2) is 7.58. The third-order valence-electron chi connectivity index (χ3n) is 4.27. The highest BCUT2D eigenvalue weighted by Gasteiger charge is 2.26. The van der Waals surface area contributed by atoms with Crippen molar-refractivity contribution in [2.24, 2.45) is 11.8 Å². The molecule has 0 aromatic heterocycles. The molecule has 2 N–H and O–H groups in total. The highest BCUT2D eigenvalue weighted by Crippen LogP contribution is 2.24. The molecule has 5 nitrogen and oxygen atoms in total. The lowest BCUT2D eigenvalue weighted by Gasteiger charge is -2.30. The Kier molecular flexibility index (Phi) is 6.66. The van der Waals surface area contributed by atoms with Gasteiger partial charge in [-0.05, 0) is 58.0 Å². The van der Waals surface area contributed by atoms with E-state index < -0.39 is 15.4 Å². The van der Waals surface area contributed by atoms with Gasteiger partial charge in [-0.1, -0.05) is 6.92 Å². The Hall–Kier alpha value is -0.620. The number of carbonyl (C=O) groups is 1. The molecular weight excluding hydrogens is 288 g/mol. The van der Waals surface area contributed by atoms with E-state index in [1.165, 1.54) is 6.26 Å². The number of carbonyl (C=O) groups excluding carboxylic acids is 1. The fraction of sp³-hybridized carbons (Fsp3) is 0.933. The van der Waals surface area contributed by atoms with Crippen LogP contribution in [0.25, 0.3) is 0 Å². The van der Waals surface area contributed by atoms with E-state index in [1.807, 2.05) is 13.8 Å². The minimum Gasteiger partial charge on any atom is -0.351 e. The normalized spacial score (nSPS) is 19.2. The van der Waals surface area contributed by atoms with Crippen LogP contribution in [0.5, 0.6) is 0 Å². The quantitative estimate of drug-likeness (QED) is 0.743. The first-order chi connectivity index (χ1) is 9.59. The van der Waals surface area contributed by atoms with Crippen molar-refractivity contribution in [2.45, 2.75) is 52.0 Å². The van der Waals surface area contributed by atoms with Crippen LogP contribution in [0.4, 0.5) is 0 Å². The number of hydrogen-bond acceptors (Lipinski definition) is 4. The molecule has 1 heterocycles. The lowest BCUT2D eigenvalue weighted by molar-refractivity contribution is -0.124. The number of amides is 1. The van der Waals surface area contributed by atoms with Gasteiger partial charge in [0.25, 0.3) is 0 Å². The summed E-state index contributed by atoms with van der Waals surface area (Å²) in [5, 5.41) is 6.31. The van der Waals surface area contributed by atoms with Gasteiger partial charge >= 0.3 is 0 Å². The van der Waals surface area contributed by atoms with Gasteiger partial charge in [-0.15, -0.1) is 0 Å². The largest absolute Gasteiger partial charge is 0.351 e. The Morgan fingerprint density at radius 2 is 1.90 bits per heavy atom. The molecule has 21 heavy (non-hydrogen) atoms. The number of piperidine rings is 1. The van der Waals surface area contributed by atoms with Crippen molar-refractivity contribution in [2.75, 3.05) is 25.1 Å². The average molecular weight is 318 g/mol. The fourth-order valence-corrected chi connectivity index (χ4v) is 3.68. The first-order valence-corrected chi connectivity index (χ1v) is 9.84. The Labute approximate surface area is 129 Å². The van der Waals surface area contributed by atoms with E-state index in [2.05, 4.69) is 17.6 Å². The summed E-state index contributed by atoms with van der Waals surface area (Å²) in [4.78, 5) is 12.2. The Bertz CT molecular complexity index is 440. The first kappa shape index (κ1) is 18.4. The van der Waals surface area contributed by atoms with E-state index in [0.717, 1.165) is 25.9 Å². The van der Waals surface area contributed by atoms with E-state index in [-0.39, 0.29) is 11.7 Å². The lowest BCUT2D eigenvalue weighted by atomic mass is 9.84. The van der Waals surface area contributed by atoms with Crippen molar-refractivity contribution in [3.05, 3.63) is 0 Å². The van der Waals surface area contributed by atoms with Crippen molar-refractivity contribution in [3.63, 3.8) is 0 Å². The minimum atomic E-state index is -2.99. The predicted octanol–water partition coefficient (Wildman–Crippen LogP) is 1.34.